The molecule has 1 aromatic heterocycles. The number of nitrogens with zero attached hydrogens (tertiary/aromatic N) is 1. The normalized spacial score (nSPS) is 17.1. The molecule has 3 rings (SSSR count). The highest BCUT2D eigenvalue weighted by atomic mass is 32.1. The molecule has 0 saturated carbocycles. The SMILES string of the molecule is O=C(CN(Cc1cccs1)C[C@@H]1CCCO1)NCc1ccccc1F. The number of rotatable bonds is 8. The van der Waals surface area contributed by atoms with Crippen molar-refractivity contribution in [1.82, 2.24) is 10.2 Å². The van der Waals surface area contributed by atoms with Crippen molar-refractivity contribution in [2.24, 2.45) is 0 Å². The van der Waals surface area contributed by atoms with Crippen LogP contribution in [0.3, 0.4) is 0 Å². The molecule has 4 nitrogen and oxygen atoms in total. The summed E-state index contributed by atoms with van der Waals surface area (Å²) in [4.78, 5) is 15.7. The molecule has 1 atom stereocenters. The smallest absolute Gasteiger partial charge is 0.234 e. The third-order valence-corrected chi connectivity index (χ3v) is 5.11. The van der Waals surface area contributed by atoms with Gasteiger partial charge in [0.15, 0.2) is 0 Å². The van der Waals surface area contributed by atoms with Crippen LogP contribution in [-0.2, 0) is 22.6 Å². The molecule has 0 unspecified atom stereocenters. The van der Waals surface area contributed by atoms with E-state index in [0.717, 1.165) is 32.5 Å². The van der Waals surface area contributed by atoms with Gasteiger partial charge < -0.3 is 10.1 Å². The maximum absolute atomic E-state index is 13.6. The zero-order chi connectivity index (χ0) is 17.5. The van der Waals surface area contributed by atoms with E-state index >= 15 is 0 Å². The first-order valence-electron chi connectivity index (χ1n) is 8.57. The number of benzene rings is 1. The third-order valence-electron chi connectivity index (χ3n) is 4.25. The molecule has 1 fully saturated rings. The molecule has 1 aliphatic rings. The zero-order valence-corrected chi connectivity index (χ0v) is 14.9. The second-order valence-corrected chi connectivity index (χ2v) is 7.28. The van der Waals surface area contributed by atoms with Gasteiger partial charge in [-0.15, -0.1) is 11.3 Å². The maximum atomic E-state index is 13.6. The van der Waals surface area contributed by atoms with Crippen molar-refractivity contribution in [1.29, 1.82) is 0 Å². The summed E-state index contributed by atoms with van der Waals surface area (Å²) in [6.45, 7) is 2.76. The topological polar surface area (TPSA) is 41.6 Å². The summed E-state index contributed by atoms with van der Waals surface area (Å²) in [6.07, 6.45) is 2.31. The van der Waals surface area contributed by atoms with Crippen LogP contribution in [0.15, 0.2) is 41.8 Å². The molecule has 0 spiro atoms. The van der Waals surface area contributed by atoms with Crippen LogP contribution in [0.4, 0.5) is 4.39 Å². The van der Waals surface area contributed by atoms with Crippen molar-refractivity contribution >= 4 is 17.2 Å². The summed E-state index contributed by atoms with van der Waals surface area (Å²) in [5.74, 6) is -0.393. The Kier molecular flexibility index (Phi) is 6.55. The number of nitrogens with one attached hydrogen (secondary N) is 1. The predicted octanol–water partition coefficient (Wildman–Crippen LogP) is 3.18. The molecule has 134 valence electrons. The lowest BCUT2D eigenvalue weighted by atomic mass is 10.2. The largest absolute Gasteiger partial charge is 0.377 e. The molecule has 1 aromatic carbocycles. The first-order valence-corrected chi connectivity index (χ1v) is 9.45. The van der Waals surface area contributed by atoms with Crippen molar-refractivity contribution in [2.45, 2.75) is 32.0 Å². The van der Waals surface area contributed by atoms with Crippen molar-refractivity contribution in [3.8, 4) is 0 Å². The van der Waals surface area contributed by atoms with Gasteiger partial charge in [-0.25, -0.2) is 4.39 Å². The quantitative estimate of drug-likeness (QED) is 0.784. The standard InChI is InChI=1S/C19H23FN2O2S/c20-18-8-2-1-5-15(18)11-21-19(23)14-22(12-16-6-3-9-24-16)13-17-7-4-10-25-17/h1-2,4-5,7-8,10,16H,3,6,9,11-14H2,(H,21,23)/t16-/m0/s1. The van der Waals surface area contributed by atoms with E-state index in [1.54, 1.807) is 29.5 Å². The number of halogens is 1. The van der Waals surface area contributed by atoms with Crippen LogP contribution in [-0.4, -0.2) is 36.6 Å². The van der Waals surface area contributed by atoms with Gasteiger partial charge in [-0.05, 0) is 30.4 Å². The number of hydrogen-bond donors (Lipinski definition) is 1. The molecule has 0 aliphatic carbocycles. The van der Waals surface area contributed by atoms with Crippen LogP contribution in [0.2, 0.25) is 0 Å². The second-order valence-electron chi connectivity index (χ2n) is 6.25. The van der Waals surface area contributed by atoms with E-state index < -0.39 is 0 Å². The number of amides is 1. The Morgan fingerprint density at radius 3 is 2.92 bits per heavy atom. The minimum atomic E-state index is -0.294. The monoisotopic (exact) mass is 362 g/mol. The maximum Gasteiger partial charge on any atom is 0.234 e. The van der Waals surface area contributed by atoms with Crippen molar-refractivity contribution in [3.05, 3.63) is 58.0 Å². The summed E-state index contributed by atoms with van der Waals surface area (Å²) in [6, 6.07) is 10.6. The van der Waals surface area contributed by atoms with E-state index in [9.17, 15) is 9.18 Å². The second kappa shape index (κ2) is 9.08. The average Bonchev–Trinajstić information content (AvgIpc) is 3.28. The molecule has 1 saturated heterocycles. The fourth-order valence-corrected chi connectivity index (χ4v) is 3.72. The van der Waals surface area contributed by atoms with Gasteiger partial charge in [-0.3, -0.25) is 9.69 Å². The average molecular weight is 362 g/mol. The molecule has 0 bridgehead atoms. The number of ether oxygens (including phenoxy) is 1. The fourth-order valence-electron chi connectivity index (χ4n) is 2.98. The Hall–Kier alpha value is -1.76. The highest BCUT2D eigenvalue weighted by Crippen LogP contribution is 2.17. The van der Waals surface area contributed by atoms with Gasteiger partial charge in [-0.1, -0.05) is 24.3 Å². The lowest BCUT2D eigenvalue weighted by Crippen LogP contribution is -2.40. The van der Waals surface area contributed by atoms with Gasteiger partial charge in [0, 0.05) is 36.7 Å². The molecule has 2 heterocycles. The third kappa shape index (κ3) is 5.63. The molecular weight excluding hydrogens is 339 g/mol. The van der Waals surface area contributed by atoms with E-state index in [0.29, 0.717) is 5.56 Å². The van der Waals surface area contributed by atoms with Gasteiger partial charge in [0.2, 0.25) is 5.91 Å². The molecule has 6 heteroatoms. The van der Waals surface area contributed by atoms with Crippen LogP contribution >= 0.6 is 11.3 Å². The first-order chi connectivity index (χ1) is 12.2. The van der Waals surface area contributed by atoms with Crippen LogP contribution in [0.1, 0.15) is 23.3 Å². The molecule has 0 radical (unpaired) electrons. The lowest BCUT2D eigenvalue weighted by Gasteiger charge is -2.24. The van der Waals surface area contributed by atoms with E-state index in [-0.39, 0.29) is 30.9 Å². The molecule has 25 heavy (non-hydrogen) atoms. The molecule has 1 amide bonds. The summed E-state index contributed by atoms with van der Waals surface area (Å²) < 4.78 is 19.4. The van der Waals surface area contributed by atoms with Crippen molar-refractivity contribution in [2.75, 3.05) is 19.7 Å². The minimum Gasteiger partial charge on any atom is -0.377 e. The zero-order valence-electron chi connectivity index (χ0n) is 14.1. The fraction of sp³-hybridized carbons (Fsp3) is 0.421. The van der Waals surface area contributed by atoms with Crippen LogP contribution < -0.4 is 5.32 Å². The molecule has 1 aliphatic heterocycles. The molecule has 1 N–H and O–H groups in total. The first kappa shape index (κ1) is 18.0. The van der Waals surface area contributed by atoms with Gasteiger partial charge in [0.05, 0.1) is 12.6 Å². The number of hydrogen-bond acceptors (Lipinski definition) is 4. The molecular formula is C19H23FN2O2S. The van der Waals surface area contributed by atoms with E-state index in [1.165, 1.54) is 10.9 Å². The van der Waals surface area contributed by atoms with Gasteiger partial charge in [0.25, 0.3) is 0 Å². The van der Waals surface area contributed by atoms with E-state index in [4.69, 9.17) is 4.74 Å². The predicted molar refractivity (Wildman–Crippen MR) is 96.8 cm³/mol. The minimum absolute atomic E-state index is 0.0993. The Morgan fingerprint density at radius 2 is 2.20 bits per heavy atom. The van der Waals surface area contributed by atoms with E-state index in [1.807, 2.05) is 11.4 Å². The van der Waals surface area contributed by atoms with Gasteiger partial charge in [-0.2, -0.15) is 0 Å². The van der Waals surface area contributed by atoms with Crippen LogP contribution in [0, 0.1) is 5.82 Å². The summed E-state index contributed by atoms with van der Waals surface area (Å²) in [7, 11) is 0. The summed E-state index contributed by atoms with van der Waals surface area (Å²) in [5, 5.41) is 4.86. The number of carbonyl (C=O) groups is 1. The van der Waals surface area contributed by atoms with E-state index in [2.05, 4.69) is 16.3 Å². The van der Waals surface area contributed by atoms with Crippen LogP contribution in [0.5, 0.6) is 0 Å². The molecule has 2 aromatic rings. The summed E-state index contributed by atoms with van der Waals surface area (Å²) in [5.41, 5.74) is 0.500. The van der Waals surface area contributed by atoms with Crippen molar-refractivity contribution < 1.29 is 13.9 Å². The number of carbonyl (C=O) groups excluding carboxylic acids is 1. The lowest BCUT2D eigenvalue weighted by molar-refractivity contribution is -0.122. The van der Waals surface area contributed by atoms with Crippen molar-refractivity contribution in [3.63, 3.8) is 0 Å². The van der Waals surface area contributed by atoms with Gasteiger partial charge >= 0.3 is 0 Å². The van der Waals surface area contributed by atoms with Crippen LogP contribution in [0.25, 0.3) is 0 Å². The highest BCUT2D eigenvalue weighted by molar-refractivity contribution is 7.09. The highest BCUT2D eigenvalue weighted by Gasteiger charge is 2.21. The number of thiophene rings is 1. The Balaban J connectivity index is 1.54. The Morgan fingerprint density at radius 1 is 1.32 bits per heavy atom. The van der Waals surface area contributed by atoms with Gasteiger partial charge in [0.1, 0.15) is 5.82 Å². The summed E-state index contributed by atoms with van der Waals surface area (Å²) >= 11 is 1.68. The Labute approximate surface area is 151 Å². The Bertz CT molecular complexity index is 672.